The highest BCUT2D eigenvalue weighted by Crippen LogP contribution is 2.37. The standard InChI is InChI=1S/C23H18F3N3O4S/c1-28-13-20(15-3-2-4-16(11-15)23(24,25)26)19-12-17(7-10-21(19)28)29(31)34(32,33)18-8-5-14(6-9-18)22(27)30/h2-13,31H,1H3,(H2,27,30). The Hall–Kier alpha value is -3.83. The molecular formula is C23H18F3N3O4S. The van der Waals surface area contributed by atoms with Crippen molar-refractivity contribution < 1.29 is 31.6 Å². The Kier molecular flexibility index (Phi) is 5.62. The average Bonchev–Trinajstić information content (AvgIpc) is 3.14. The molecule has 1 aromatic heterocycles. The first kappa shape index (κ1) is 23.3. The van der Waals surface area contributed by atoms with Crippen molar-refractivity contribution in [2.24, 2.45) is 12.8 Å². The molecule has 1 heterocycles. The summed E-state index contributed by atoms with van der Waals surface area (Å²) >= 11 is 0. The molecule has 0 aliphatic carbocycles. The number of aryl methyl sites for hydroxylation is 1. The predicted octanol–water partition coefficient (Wildman–Crippen LogP) is 4.55. The zero-order valence-electron chi connectivity index (χ0n) is 17.6. The summed E-state index contributed by atoms with van der Waals surface area (Å²) in [6.07, 6.45) is -2.89. The van der Waals surface area contributed by atoms with Gasteiger partial charge in [0.05, 0.1) is 16.1 Å². The summed E-state index contributed by atoms with van der Waals surface area (Å²) in [5.74, 6) is -0.735. The van der Waals surface area contributed by atoms with E-state index in [1.54, 1.807) is 23.9 Å². The monoisotopic (exact) mass is 489 g/mol. The second-order valence-corrected chi connectivity index (χ2v) is 9.34. The number of carbonyl (C=O) groups excluding carboxylic acids is 1. The molecule has 4 rings (SSSR count). The van der Waals surface area contributed by atoms with Crippen molar-refractivity contribution in [1.29, 1.82) is 0 Å². The molecule has 7 nitrogen and oxygen atoms in total. The van der Waals surface area contributed by atoms with Gasteiger partial charge >= 0.3 is 6.18 Å². The van der Waals surface area contributed by atoms with E-state index in [0.717, 1.165) is 24.3 Å². The van der Waals surface area contributed by atoms with Crippen molar-refractivity contribution in [2.45, 2.75) is 11.1 Å². The molecular weight excluding hydrogens is 471 g/mol. The molecule has 0 saturated carbocycles. The normalized spacial score (nSPS) is 12.1. The fourth-order valence-electron chi connectivity index (χ4n) is 3.62. The van der Waals surface area contributed by atoms with Crippen LogP contribution in [0, 0.1) is 0 Å². The lowest BCUT2D eigenvalue weighted by Gasteiger charge is -2.17. The van der Waals surface area contributed by atoms with Crippen molar-refractivity contribution in [3.63, 3.8) is 0 Å². The number of nitrogens with zero attached hydrogens (tertiary/aromatic N) is 2. The Morgan fingerprint density at radius 3 is 2.32 bits per heavy atom. The van der Waals surface area contributed by atoms with E-state index in [4.69, 9.17) is 5.73 Å². The molecule has 0 saturated heterocycles. The summed E-state index contributed by atoms with van der Waals surface area (Å²) in [6.45, 7) is 0. The fourth-order valence-corrected chi connectivity index (χ4v) is 4.69. The maximum absolute atomic E-state index is 13.2. The zero-order chi connectivity index (χ0) is 24.8. The number of fused-ring (bicyclic) bond motifs is 1. The third-order valence-corrected chi connectivity index (χ3v) is 6.89. The van der Waals surface area contributed by atoms with Crippen LogP contribution < -0.4 is 10.2 Å². The molecule has 0 fully saturated rings. The van der Waals surface area contributed by atoms with Gasteiger partial charge in [-0.15, -0.1) is 4.47 Å². The summed E-state index contributed by atoms with van der Waals surface area (Å²) in [7, 11) is -2.72. The van der Waals surface area contributed by atoms with Crippen LogP contribution in [0.2, 0.25) is 0 Å². The van der Waals surface area contributed by atoms with E-state index < -0.39 is 27.7 Å². The van der Waals surface area contributed by atoms with Gasteiger partial charge in [0.1, 0.15) is 0 Å². The van der Waals surface area contributed by atoms with Crippen LogP contribution in [-0.2, 0) is 23.2 Å². The number of sulfonamides is 1. The van der Waals surface area contributed by atoms with E-state index >= 15 is 0 Å². The highest BCUT2D eigenvalue weighted by molar-refractivity contribution is 7.92. The second-order valence-electron chi connectivity index (χ2n) is 7.57. The number of halogens is 3. The number of carbonyl (C=O) groups is 1. The molecule has 0 aliphatic rings. The molecule has 0 aliphatic heterocycles. The van der Waals surface area contributed by atoms with Gasteiger partial charge < -0.3 is 10.3 Å². The topological polar surface area (TPSA) is 106 Å². The molecule has 3 N–H and O–H groups in total. The Labute approximate surface area is 192 Å². The minimum atomic E-state index is -4.52. The molecule has 0 atom stereocenters. The molecule has 0 unspecified atom stereocenters. The summed E-state index contributed by atoms with van der Waals surface area (Å²) in [4.78, 5) is 10.9. The maximum Gasteiger partial charge on any atom is 0.416 e. The molecule has 34 heavy (non-hydrogen) atoms. The van der Waals surface area contributed by atoms with Crippen LogP contribution >= 0.6 is 0 Å². The third-order valence-electron chi connectivity index (χ3n) is 5.36. The molecule has 4 aromatic rings. The van der Waals surface area contributed by atoms with Crippen LogP contribution in [0.25, 0.3) is 22.0 Å². The quantitative estimate of drug-likeness (QED) is 0.401. The van der Waals surface area contributed by atoms with E-state index in [2.05, 4.69) is 0 Å². The number of aromatic nitrogens is 1. The average molecular weight is 489 g/mol. The van der Waals surface area contributed by atoms with Crippen LogP contribution in [0.5, 0.6) is 0 Å². The SMILES string of the molecule is Cn1cc(-c2cccc(C(F)(F)F)c2)c2cc(N(O)S(=O)(=O)c3ccc(C(N)=O)cc3)ccc21. The number of primary amides is 1. The summed E-state index contributed by atoms with van der Waals surface area (Å²) in [5.41, 5.74) is 5.66. The number of nitrogens with two attached hydrogens (primary N) is 1. The van der Waals surface area contributed by atoms with Gasteiger partial charge in [-0.05, 0) is 60.2 Å². The van der Waals surface area contributed by atoms with Crippen LogP contribution in [0.4, 0.5) is 18.9 Å². The number of hydrogen-bond donors (Lipinski definition) is 2. The van der Waals surface area contributed by atoms with Gasteiger partial charge in [-0.2, -0.15) is 21.6 Å². The lowest BCUT2D eigenvalue weighted by molar-refractivity contribution is -0.137. The highest BCUT2D eigenvalue weighted by atomic mass is 32.2. The summed E-state index contributed by atoms with van der Waals surface area (Å²) in [5, 5.41) is 11.0. The fraction of sp³-hybridized carbons (Fsp3) is 0.0870. The van der Waals surface area contributed by atoms with Gasteiger partial charge in [-0.3, -0.25) is 10.0 Å². The minimum Gasteiger partial charge on any atom is -0.366 e. The van der Waals surface area contributed by atoms with Crippen molar-refractivity contribution in [3.8, 4) is 11.1 Å². The molecule has 0 bridgehead atoms. The molecule has 0 spiro atoms. The van der Waals surface area contributed by atoms with Gasteiger partial charge in [0, 0.05) is 35.3 Å². The summed E-state index contributed by atoms with van der Waals surface area (Å²) < 4.78 is 67.1. The molecule has 1 amide bonds. The largest absolute Gasteiger partial charge is 0.416 e. The van der Waals surface area contributed by atoms with Crippen LogP contribution in [0.3, 0.4) is 0 Å². The smallest absolute Gasteiger partial charge is 0.366 e. The zero-order valence-corrected chi connectivity index (χ0v) is 18.4. The first-order chi connectivity index (χ1) is 15.9. The second kappa shape index (κ2) is 8.19. The van der Waals surface area contributed by atoms with E-state index in [9.17, 15) is 31.6 Å². The Morgan fingerprint density at radius 2 is 1.71 bits per heavy atom. The number of amides is 1. The van der Waals surface area contributed by atoms with Gasteiger partial charge in [-0.1, -0.05) is 12.1 Å². The van der Waals surface area contributed by atoms with E-state index in [1.807, 2.05) is 0 Å². The van der Waals surface area contributed by atoms with E-state index in [1.165, 1.54) is 36.4 Å². The third kappa shape index (κ3) is 4.11. The number of anilines is 1. The molecule has 11 heteroatoms. The number of alkyl halides is 3. The van der Waals surface area contributed by atoms with Crippen LogP contribution in [0.15, 0.2) is 77.8 Å². The maximum atomic E-state index is 13.2. The van der Waals surface area contributed by atoms with Crippen molar-refractivity contribution in [2.75, 3.05) is 4.47 Å². The van der Waals surface area contributed by atoms with Crippen molar-refractivity contribution in [3.05, 3.63) is 84.1 Å². The molecule has 0 radical (unpaired) electrons. The van der Waals surface area contributed by atoms with Crippen LogP contribution in [-0.4, -0.2) is 24.1 Å². The lowest BCUT2D eigenvalue weighted by Crippen LogP contribution is -2.27. The number of rotatable bonds is 5. The van der Waals surface area contributed by atoms with Gasteiger partial charge in [0.15, 0.2) is 0 Å². The number of benzene rings is 3. The van der Waals surface area contributed by atoms with Gasteiger partial charge in [-0.25, -0.2) is 0 Å². The Morgan fingerprint density at radius 1 is 1.03 bits per heavy atom. The van der Waals surface area contributed by atoms with E-state index in [-0.39, 0.29) is 26.2 Å². The van der Waals surface area contributed by atoms with Crippen LogP contribution in [0.1, 0.15) is 15.9 Å². The van der Waals surface area contributed by atoms with E-state index in [0.29, 0.717) is 16.5 Å². The van der Waals surface area contributed by atoms with Gasteiger partial charge in [0.25, 0.3) is 10.0 Å². The highest BCUT2D eigenvalue weighted by Gasteiger charge is 2.31. The van der Waals surface area contributed by atoms with Gasteiger partial charge in [0.2, 0.25) is 5.91 Å². The lowest BCUT2D eigenvalue weighted by atomic mass is 10.0. The first-order valence-corrected chi connectivity index (χ1v) is 11.2. The number of hydrogen-bond acceptors (Lipinski definition) is 4. The molecule has 3 aromatic carbocycles. The summed E-state index contributed by atoms with van der Waals surface area (Å²) in [6, 6.07) is 13.8. The van der Waals surface area contributed by atoms with Crippen molar-refractivity contribution >= 4 is 32.5 Å². The predicted molar refractivity (Wildman–Crippen MR) is 120 cm³/mol. The van der Waals surface area contributed by atoms with Crippen molar-refractivity contribution in [1.82, 2.24) is 4.57 Å². The minimum absolute atomic E-state index is 0.0780. The molecule has 176 valence electrons. The first-order valence-electron chi connectivity index (χ1n) is 9.80. The Bertz CT molecular complexity index is 1510. The Balaban J connectivity index is 1.79.